The van der Waals surface area contributed by atoms with E-state index >= 15 is 0 Å². The van der Waals surface area contributed by atoms with E-state index in [1.807, 2.05) is 18.2 Å². The van der Waals surface area contributed by atoms with E-state index in [-0.39, 0.29) is 0 Å². The van der Waals surface area contributed by atoms with Gasteiger partial charge in [-0.05, 0) is 24.6 Å². The Balaban J connectivity index is 1.72. The van der Waals surface area contributed by atoms with Gasteiger partial charge in [0.1, 0.15) is 5.75 Å². The van der Waals surface area contributed by atoms with E-state index in [9.17, 15) is 0 Å². The zero-order valence-corrected chi connectivity index (χ0v) is 11.2. The molecule has 1 aliphatic rings. The first-order chi connectivity index (χ1) is 8.25. The monoisotopic (exact) mass is 254 g/mol. The van der Waals surface area contributed by atoms with Crippen molar-refractivity contribution in [3.63, 3.8) is 0 Å². The minimum Gasteiger partial charge on any atom is -0.492 e. The van der Waals surface area contributed by atoms with Crippen molar-refractivity contribution in [2.45, 2.75) is 26.2 Å². The van der Waals surface area contributed by atoms with Gasteiger partial charge in [-0.25, -0.2) is 0 Å². The summed E-state index contributed by atoms with van der Waals surface area (Å²) in [5.41, 5.74) is 1.19. The maximum Gasteiger partial charge on any atom is 0.138 e. The first-order valence-electron chi connectivity index (χ1n) is 6.48. The summed E-state index contributed by atoms with van der Waals surface area (Å²) in [5, 5.41) is 0.712. The summed E-state index contributed by atoms with van der Waals surface area (Å²) in [4.78, 5) is 1.73. The molecule has 0 saturated carbocycles. The fourth-order valence-corrected chi connectivity index (χ4v) is 2.52. The molecule has 1 heterocycles. The van der Waals surface area contributed by atoms with Crippen molar-refractivity contribution >= 4 is 11.6 Å². The Morgan fingerprint density at radius 2 is 2.06 bits per heavy atom. The molecule has 0 amide bonds. The molecule has 0 bridgehead atoms. The second-order valence-electron chi connectivity index (χ2n) is 4.84. The Labute approximate surface area is 109 Å². The molecule has 3 heteroatoms. The van der Waals surface area contributed by atoms with Gasteiger partial charge in [0.05, 0.1) is 31.3 Å². The van der Waals surface area contributed by atoms with Crippen LogP contribution in [0.25, 0.3) is 0 Å². The van der Waals surface area contributed by atoms with E-state index in [0.29, 0.717) is 5.02 Å². The fraction of sp³-hybridized carbons (Fsp3) is 0.571. The molecule has 17 heavy (non-hydrogen) atoms. The summed E-state index contributed by atoms with van der Waals surface area (Å²) >= 11 is 6.07. The molecule has 1 N–H and O–H groups in total. The first-order valence-corrected chi connectivity index (χ1v) is 6.86. The average Bonchev–Trinajstić information content (AvgIpc) is 2.82. The molecule has 0 radical (unpaired) electrons. The molecule has 1 aliphatic heterocycles. The lowest BCUT2D eigenvalue weighted by Gasteiger charge is -2.13. The van der Waals surface area contributed by atoms with Crippen molar-refractivity contribution in [3.8, 4) is 5.75 Å². The average molecular weight is 255 g/mol. The van der Waals surface area contributed by atoms with Crippen LogP contribution in [0.4, 0.5) is 0 Å². The van der Waals surface area contributed by atoms with Crippen LogP contribution in [-0.4, -0.2) is 26.2 Å². The lowest BCUT2D eigenvalue weighted by atomic mass is 10.2. The highest BCUT2D eigenvalue weighted by atomic mass is 35.5. The molecule has 2 rings (SSSR count). The summed E-state index contributed by atoms with van der Waals surface area (Å²) in [5.74, 6) is 0.822. The number of quaternary nitrogens is 1. The van der Waals surface area contributed by atoms with E-state index in [1.165, 1.54) is 38.0 Å². The highest BCUT2D eigenvalue weighted by molar-refractivity contribution is 6.32. The Bertz CT molecular complexity index is 361. The molecule has 0 aromatic heterocycles. The van der Waals surface area contributed by atoms with Crippen LogP contribution in [-0.2, 0) is 0 Å². The van der Waals surface area contributed by atoms with Crippen molar-refractivity contribution < 1.29 is 9.64 Å². The van der Waals surface area contributed by atoms with Crippen LogP contribution in [0.2, 0.25) is 5.02 Å². The van der Waals surface area contributed by atoms with E-state index in [4.69, 9.17) is 16.3 Å². The minimum atomic E-state index is 0.712. The number of benzene rings is 1. The van der Waals surface area contributed by atoms with Crippen LogP contribution in [0.1, 0.15) is 24.8 Å². The molecule has 94 valence electrons. The predicted molar refractivity (Wildman–Crippen MR) is 71.1 cm³/mol. The molecule has 1 fully saturated rings. The fourth-order valence-electron chi connectivity index (χ4n) is 2.35. The van der Waals surface area contributed by atoms with Crippen molar-refractivity contribution in [2.24, 2.45) is 0 Å². The van der Waals surface area contributed by atoms with E-state index in [2.05, 4.69) is 6.92 Å². The van der Waals surface area contributed by atoms with Gasteiger partial charge in [-0.1, -0.05) is 17.7 Å². The van der Waals surface area contributed by atoms with Gasteiger partial charge in [-0.2, -0.15) is 0 Å². The van der Waals surface area contributed by atoms with Gasteiger partial charge in [0.2, 0.25) is 0 Å². The van der Waals surface area contributed by atoms with Gasteiger partial charge in [-0.3, -0.25) is 0 Å². The topological polar surface area (TPSA) is 13.7 Å². The largest absolute Gasteiger partial charge is 0.492 e. The second-order valence-corrected chi connectivity index (χ2v) is 5.25. The summed E-state index contributed by atoms with van der Waals surface area (Å²) in [7, 11) is 0. The highest BCUT2D eigenvalue weighted by Gasteiger charge is 2.14. The SMILES string of the molecule is Cc1ccc(Cl)c(OCCC[NH+]2CCCC2)c1. The van der Waals surface area contributed by atoms with Crippen LogP contribution < -0.4 is 9.64 Å². The van der Waals surface area contributed by atoms with Gasteiger partial charge in [-0.15, -0.1) is 0 Å². The number of likely N-dealkylation sites (tertiary alicyclic amines) is 1. The first kappa shape index (κ1) is 12.7. The molecule has 0 aliphatic carbocycles. The van der Waals surface area contributed by atoms with Crippen LogP contribution in [0.5, 0.6) is 5.75 Å². The molecule has 1 saturated heterocycles. The summed E-state index contributed by atoms with van der Waals surface area (Å²) in [6.07, 6.45) is 3.89. The van der Waals surface area contributed by atoms with Crippen LogP contribution in [0, 0.1) is 6.92 Å². The zero-order valence-electron chi connectivity index (χ0n) is 10.5. The molecule has 0 spiro atoms. The quantitative estimate of drug-likeness (QED) is 0.795. The molecule has 1 aromatic carbocycles. The van der Waals surface area contributed by atoms with Gasteiger partial charge >= 0.3 is 0 Å². The molecular formula is C14H21ClNO+. The van der Waals surface area contributed by atoms with Crippen molar-refractivity contribution in [3.05, 3.63) is 28.8 Å². The predicted octanol–water partition coefficient (Wildman–Crippen LogP) is 2.10. The van der Waals surface area contributed by atoms with Gasteiger partial charge in [0.15, 0.2) is 0 Å². The summed E-state index contributed by atoms with van der Waals surface area (Å²) in [6.45, 7) is 6.73. The molecule has 0 atom stereocenters. The number of aryl methyl sites for hydroxylation is 1. The zero-order chi connectivity index (χ0) is 12.1. The molecule has 2 nitrogen and oxygen atoms in total. The van der Waals surface area contributed by atoms with Gasteiger partial charge in [0, 0.05) is 19.3 Å². The maximum atomic E-state index is 6.07. The number of rotatable bonds is 5. The standard InChI is InChI=1S/C14H20ClNO/c1-12-5-6-13(15)14(11-12)17-10-4-9-16-7-2-3-8-16/h5-6,11H,2-4,7-10H2,1H3/p+1. The molecule has 0 unspecified atom stereocenters. The van der Waals surface area contributed by atoms with Crippen molar-refractivity contribution in [1.82, 2.24) is 0 Å². The Morgan fingerprint density at radius 1 is 1.29 bits per heavy atom. The van der Waals surface area contributed by atoms with E-state index < -0.39 is 0 Å². The number of ether oxygens (including phenoxy) is 1. The Hall–Kier alpha value is -0.730. The third kappa shape index (κ3) is 3.90. The number of nitrogens with one attached hydrogen (secondary N) is 1. The number of hydrogen-bond acceptors (Lipinski definition) is 1. The van der Waals surface area contributed by atoms with Crippen molar-refractivity contribution in [1.29, 1.82) is 0 Å². The third-order valence-electron chi connectivity index (χ3n) is 3.33. The Kier molecular flexibility index (Phi) is 4.69. The van der Waals surface area contributed by atoms with Crippen LogP contribution in [0.15, 0.2) is 18.2 Å². The molecular weight excluding hydrogens is 234 g/mol. The minimum absolute atomic E-state index is 0.712. The lowest BCUT2D eigenvalue weighted by molar-refractivity contribution is -0.887. The second kappa shape index (κ2) is 6.27. The van der Waals surface area contributed by atoms with E-state index in [1.54, 1.807) is 4.90 Å². The van der Waals surface area contributed by atoms with Crippen LogP contribution >= 0.6 is 11.6 Å². The summed E-state index contributed by atoms with van der Waals surface area (Å²) < 4.78 is 5.73. The number of hydrogen-bond donors (Lipinski definition) is 1. The molecule has 1 aromatic rings. The van der Waals surface area contributed by atoms with Gasteiger partial charge in [0.25, 0.3) is 0 Å². The highest BCUT2D eigenvalue weighted by Crippen LogP contribution is 2.25. The Morgan fingerprint density at radius 3 is 2.82 bits per heavy atom. The van der Waals surface area contributed by atoms with Crippen molar-refractivity contribution in [2.75, 3.05) is 26.2 Å². The maximum absolute atomic E-state index is 6.07. The number of halogens is 1. The normalized spacial score (nSPS) is 16.4. The lowest BCUT2D eigenvalue weighted by Crippen LogP contribution is -3.10. The van der Waals surface area contributed by atoms with Crippen LogP contribution in [0.3, 0.4) is 0 Å². The third-order valence-corrected chi connectivity index (χ3v) is 3.64. The van der Waals surface area contributed by atoms with E-state index in [0.717, 1.165) is 18.8 Å². The van der Waals surface area contributed by atoms with Gasteiger partial charge < -0.3 is 9.64 Å². The summed E-state index contributed by atoms with van der Waals surface area (Å²) in [6, 6.07) is 5.91. The smallest absolute Gasteiger partial charge is 0.138 e.